The Morgan fingerprint density at radius 1 is 0.345 bits per heavy atom. The molecular formula is C80H156O4. The van der Waals surface area contributed by atoms with Gasteiger partial charge in [0.05, 0.1) is 24.2 Å². The lowest BCUT2D eigenvalue weighted by Crippen LogP contribution is -2.28. The Bertz CT molecular complexity index is 1300. The summed E-state index contributed by atoms with van der Waals surface area (Å²) in [5.41, 5.74) is 0. The highest BCUT2D eigenvalue weighted by Gasteiger charge is 2.41. The van der Waals surface area contributed by atoms with Crippen molar-refractivity contribution in [2.45, 2.75) is 476 Å². The second-order valence-electron chi connectivity index (χ2n) is 28.6. The molecule has 0 amide bonds. The molecule has 0 bridgehead atoms. The third kappa shape index (κ3) is 58.8. The highest BCUT2D eigenvalue weighted by Crippen LogP contribution is 2.36. The van der Waals surface area contributed by atoms with Crippen molar-refractivity contribution in [3.8, 4) is 0 Å². The predicted molar refractivity (Wildman–Crippen MR) is 374 cm³/mol. The van der Waals surface area contributed by atoms with Crippen LogP contribution in [0.1, 0.15) is 458 Å². The third-order valence-corrected chi connectivity index (χ3v) is 20.1. The van der Waals surface area contributed by atoms with E-state index in [1.807, 2.05) is 0 Å². The van der Waals surface area contributed by atoms with Gasteiger partial charge in [-0.15, -0.1) is 0 Å². The van der Waals surface area contributed by atoms with Gasteiger partial charge in [0.2, 0.25) is 0 Å². The third-order valence-electron chi connectivity index (χ3n) is 20.1. The molecule has 1 saturated heterocycles. The van der Waals surface area contributed by atoms with Crippen molar-refractivity contribution in [1.29, 1.82) is 0 Å². The first kappa shape index (κ1) is 81.1. The van der Waals surface area contributed by atoms with Gasteiger partial charge in [0.25, 0.3) is 0 Å². The molecule has 0 aromatic heterocycles. The molecular weight excluding hydrogens is 1020 g/mol. The number of unbranched alkanes of at least 4 members (excludes halogenated alkanes) is 58. The Labute approximate surface area is 529 Å². The van der Waals surface area contributed by atoms with Gasteiger partial charge in [-0.2, -0.15) is 0 Å². The minimum atomic E-state index is -0.801. The number of epoxide rings is 1. The zero-order valence-corrected chi connectivity index (χ0v) is 58.2. The number of rotatable bonds is 73. The lowest BCUT2D eigenvalue weighted by atomic mass is 9.91. The Morgan fingerprint density at radius 3 is 0.929 bits per heavy atom. The van der Waals surface area contributed by atoms with Gasteiger partial charge >= 0.3 is 5.97 Å². The van der Waals surface area contributed by atoms with Crippen molar-refractivity contribution >= 4 is 5.97 Å². The predicted octanol–water partition coefficient (Wildman–Crippen LogP) is 27.8. The maximum Gasteiger partial charge on any atom is 0.309 e. The Hall–Kier alpha value is -0.870. The summed E-state index contributed by atoms with van der Waals surface area (Å²) in [6, 6.07) is 0. The lowest BCUT2D eigenvalue weighted by molar-refractivity contribution is -0.146. The van der Waals surface area contributed by atoms with Crippen LogP contribution in [-0.2, 0) is 9.53 Å². The Morgan fingerprint density at radius 2 is 0.607 bits per heavy atom. The molecule has 500 valence electrons. The van der Waals surface area contributed by atoms with Crippen LogP contribution in [0.2, 0.25) is 0 Å². The molecule has 1 aliphatic rings. The van der Waals surface area contributed by atoms with Crippen LogP contribution in [0.15, 0.2) is 12.2 Å². The number of allylic oxidation sites excluding steroid dienone is 2. The van der Waals surface area contributed by atoms with Crippen molar-refractivity contribution in [3.63, 3.8) is 0 Å². The van der Waals surface area contributed by atoms with Crippen molar-refractivity contribution in [2.24, 2.45) is 17.8 Å². The molecule has 6 atom stereocenters. The number of ether oxygens (including phenoxy) is 1. The van der Waals surface area contributed by atoms with Crippen LogP contribution >= 0.6 is 0 Å². The molecule has 0 spiro atoms. The normalized spacial score (nSPS) is 15.8. The first-order valence-electron chi connectivity index (χ1n) is 39.6. The van der Waals surface area contributed by atoms with E-state index in [0.29, 0.717) is 25.0 Å². The van der Waals surface area contributed by atoms with Crippen LogP contribution in [0.3, 0.4) is 0 Å². The largest absolute Gasteiger partial charge is 0.481 e. The van der Waals surface area contributed by atoms with E-state index < -0.39 is 18.0 Å². The summed E-state index contributed by atoms with van der Waals surface area (Å²) in [6.07, 6.45) is 96.4. The fourth-order valence-electron chi connectivity index (χ4n) is 13.9. The average molecular weight is 1180 g/mol. The maximum atomic E-state index is 11.9. The molecule has 0 aromatic rings. The van der Waals surface area contributed by atoms with Crippen molar-refractivity contribution in [1.82, 2.24) is 0 Å². The molecule has 0 aliphatic carbocycles. The second-order valence-corrected chi connectivity index (χ2v) is 28.6. The van der Waals surface area contributed by atoms with E-state index in [1.165, 1.54) is 392 Å². The van der Waals surface area contributed by atoms with Crippen molar-refractivity contribution in [3.05, 3.63) is 12.2 Å². The van der Waals surface area contributed by atoms with Gasteiger partial charge in [0.15, 0.2) is 0 Å². The first-order valence-corrected chi connectivity index (χ1v) is 39.6. The van der Waals surface area contributed by atoms with Gasteiger partial charge in [-0.3, -0.25) is 4.79 Å². The monoisotopic (exact) mass is 1180 g/mol. The zero-order valence-electron chi connectivity index (χ0n) is 58.2. The van der Waals surface area contributed by atoms with Gasteiger partial charge in [0.1, 0.15) is 0 Å². The molecule has 2 N–H and O–H groups in total. The summed E-state index contributed by atoms with van der Waals surface area (Å²) < 4.78 is 6.14. The zero-order chi connectivity index (χ0) is 60.5. The van der Waals surface area contributed by atoms with E-state index in [-0.39, 0.29) is 0 Å². The van der Waals surface area contributed by atoms with Crippen molar-refractivity contribution < 1.29 is 19.7 Å². The number of carboxylic acids is 1. The molecule has 1 aliphatic heterocycles. The van der Waals surface area contributed by atoms with Crippen LogP contribution in [0.25, 0.3) is 0 Å². The maximum absolute atomic E-state index is 11.9. The summed E-state index contributed by atoms with van der Waals surface area (Å²) in [5.74, 6) is 0.125. The van der Waals surface area contributed by atoms with Crippen LogP contribution in [0, 0.1) is 17.8 Å². The number of aliphatic hydroxyl groups is 1. The van der Waals surface area contributed by atoms with E-state index in [0.717, 1.165) is 37.5 Å². The summed E-state index contributed by atoms with van der Waals surface area (Å²) in [7, 11) is 0. The molecule has 1 fully saturated rings. The number of carboxylic acid groups (broad SMARTS) is 1. The van der Waals surface area contributed by atoms with Crippen LogP contribution in [0.4, 0.5) is 0 Å². The van der Waals surface area contributed by atoms with Crippen molar-refractivity contribution in [2.75, 3.05) is 0 Å². The molecule has 0 aromatic carbocycles. The fourth-order valence-corrected chi connectivity index (χ4v) is 13.9. The molecule has 0 saturated carbocycles. The standard InChI is InChI=1S/C80H156O4/c1-5-7-9-11-13-15-17-19-21-22-23-24-27-30-34-41-47-53-59-65-71-76(80(82)83)77(81)72-66-60-54-48-42-35-31-28-25-26-29-32-38-44-50-56-62-68-74(3)69-63-57-51-45-39-36-37-43-49-55-61-67-73-78-79(84-78)75(4)70-64-58-52-46-40-33-20-18-16-14-12-10-8-6-2/h63,69,74-79,81H,5-62,64-68,70-73H2,1-4H3,(H,82,83)/b69-63+/t74-,75+,76+,77+,78+,79+/m0/s1. The first-order chi connectivity index (χ1) is 41.4. The molecule has 4 nitrogen and oxygen atoms in total. The van der Waals surface area contributed by atoms with E-state index in [2.05, 4.69) is 39.8 Å². The van der Waals surface area contributed by atoms with Crippen LogP contribution in [-0.4, -0.2) is 34.5 Å². The topological polar surface area (TPSA) is 70.1 Å². The minimum Gasteiger partial charge on any atom is -0.481 e. The van der Waals surface area contributed by atoms with Gasteiger partial charge in [-0.1, -0.05) is 425 Å². The summed E-state index contributed by atoms with van der Waals surface area (Å²) in [6.45, 7) is 9.48. The second kappa shape index (κ2) is 66.5. The SMILES string of the molecule is CCCCCCCCCCCCCCCCCCCCCC[C@@H](C(=O)O)[C@H](O)CCCCCCCCCCCCCCCCCCC[C@H](C)/C=C/CCCCCCCCCCCC[C@H]1O[C@@H]1[C@H](C)CCCCCCCCCCCCCCCC. The molecule has 4 heteroatoms. The molecule has 84 heavy (non-hydrogen) atoms. The number of hydrogen-bond donors (Lipinski definition) is 2. The quantitative estimate of drug-likeness (QED) is 0.0362. The Balaban J connectivity index is 1.76. The fraction of sp³-hybridized carbons (Fsp3) is 0.963. The van der Waals surface area contributed by atoms with Gasteiger partial charge in [0, 0.05) is 0 Å². The summed E-state index contributed by atoms with van der Waals surface area (Å²) in [5, 5.41) is 20.5. The highest BCUT2D eigenvalue weighted by atomic mass is 16.6. The highest BCUT2D eigenvalue weighted by molar-refractivity contribution is 5.70. The molecule has 1 heterocycles. The molecule has 0 radical (unpaired) electrons. The van der Waals surface area contributed by atoms with E-state index in [4.69, 9.17) is 4.74 Å². The minimum absolute atomic E-state index is 0.581. The van der Waals surface area contributed by atoms with Gasteiger partial charge < -0.3 is 14.9 Å². The van der Waals surface area contributed by atoms with Crippen LogP contribution in [0.5, 0.6) is 0 Å². The summed E-state index contributed by atoms with van der Waals surface area (Å²) >= 11 is 0. The summed E-state index contributed by atoms with van der Waals surface area (Å²) in [4.78, 5) is 11.9. The molecule has 1 rings (SSSR count). The average Bonchev–Trinajstić information content (AvgIpc) is 4.49. The molecule has 0 unspecified atom stereocenters. The number of hydrogen-bond acceptors (Lipinski definition) is 3. The number of aliphatic carboxylic acids is 1. The smallest absolute Gasteiger partial charge is 0.309 e. The van der Waals surface area contributed by atoms with E-state index in [1.54, 1.807) is 0 Å². The Kier molecular flexibility index (Phi) is 64.3. The number of carbonyl (C=O) groups is 1. The number of aliphatic hydroxyl groups excluding tert-OH is 1. The van der Waals surface area contributed by atoms with Crippen LogP contribution < -0.4 is 0 Å². The van der Waals surface area contributed by atoms with E-state index >= 15 is 0 Å². The van der Waals surface area contributed by atoms with Gasteiger partial charge in [-0.05, 0) is 56.8 Å². The van der Waals surface area contributed by atoms with E-state index in [9.17, 15) is 15.0 Å². The van der Waals surface area contributed by atoms with Gasteiger partial charge in [-0.25, -0.2) is 0 Å². The lowest BCUT2D eigenvalue weighted by Gasteiger charge is -2.19.